The Morgan fingerprint density at radius 2 is 2.06 bits per heavy atom. The van der Waals surface area contributed by atoms with Crippen LogP contribution in [0.25, 0.3) is 0 Å². The fraction of sp³-hybridized carbons (Fsp3) is 0.667. The van der Waals surface area contributed by atoms with Crippen molar-refractivity contribution in [3.63, 3.8) is 0 Å². The van der Waals surface area contributed by atoms with Crippen molar-refractivity contribution >= 4 is 0 Å². The van der Waals surface area contributed by atoms with Crippen LogP contribution in [0.3, 0.4) is 0 Å². The van der Waals surface area contributed by atoms with Gasteiger partial charge in [0.2, 0.25) is 0 Å². The Morgan fingerprint density at radius 3 is 2.59 bits per heavy atom. The van der Waals surface area contributed by atoms with Gasteiger partial charge in [0.1, 0.15) is 0 Å². The molecule has 94 valence electrons. The third kappa shape index (κ3) is 3.06. The first-order chi connectivity index (χ1) is 7.97. The molecule has 0 amide bonds. The number of hydrogen-bond donors (Lipinski definition) is 1. The van der Waals surface area contributed by atoms with Gasteiger partial charge in [-0.25, -0.2) is 0 Å². The van der Waals surface area contributed by atoms with Crippen molar-refractivity contribution in [1.82, 2.24) is 10.3 Å². The van der Waals surface area contributed by atoms with Crippen LogP contribution >= 0.6 is 0 Å². The first-order valence-corrected chi connectivity index (χ1v) is 6.62. The van der Waals surface area contributed by atoms with Crippen LogP contribution < -0.4 is 5.32 Å². The van der Waals surface area contributed by atoms with E-state index >= 15 is 0 Å². The van der Waals surface area contributed by atoms with Gasteiger partial charge in [0.15, 0.2) is 0 Å². The number of nitrogens with zero attached hydrogens (tertiary/aromatic N) is 1. The number of nitrogens with one attached hydrogen (secondary N) is 1. The minimum Gasteiger partial charge on any atom is -0.316 e. The van der Waals surface area contributed by atoms with Gasteiger partial charge in [-0.3, -0.25) is 4.98 Å². The summed E-state index contributed by atoms with van der Waals surface area (Å²) in [6, 6.07) is 2.33. The smallest absolute Gasteiger partial charge is 0.0305 e. The number of hydrogen-bond acceptors (Lipinski definition) is 2. The molecule has 2 rings (SSSR count). The molecule has 1 N–H and O–H groups in total. The van der Waals surface area contributed by atoms with Crippen LogP contribution in [0.15, 0.2) is 18.5 Å². The van der Waals surface area contributed by atoms with Crippen molar-refractivity contribution in [1.29, 1.82) is 0 Å². The van der Waals surface area contributed by atoms with E-state index in [2.05, 4.69) is 44.1 Å². The molecule has 1 fully saturated rings. The molecule has 0 bridgehead atoms. The molecular weight excluding hydrogens is 208 g/mol. The molecule has 1 aromatic rings. The minimum absolute atomic E-state index is 0.199. The highest BCUT2D eigenvalue weighted by molar-refractivity contribution is 5.24. The topological polar surface area (TPSA) is 24.9 Å². The maximum absolute atomic E-state index is 4.39. The minimum atomic E-state index is 0.199. The summed E-state index contributed by atoms with van der Waals surface area (Å²) in [5.74, 6) is 1.61. The van der Waals surface area contributed by atoms with E-state index in [1.165, 1.54) is 24.2 Å². The van der Waals surface area contributed by atoms with Gasteiger partial charge < -0.3 is 5.32 Å². The fourth-order valence-corrected chi connectivity index (χ4v) is 2.26. The first kappa shape index (κ1) is 12.6. The lowest BCUT2D eigenvalue weighted by Gasteiger charge is -2.32. The molecular formula is C15H24N2. The lowest BCUT2D eigenvalue weighted by molar-refractivity contribution is 0.247. The van der Waals surface area contributed by atoms with E-state index in [0.717, 1.165) is 18.3 Å². The Kier molecular flexibility index (Phi) is 3.53. The molecule has 0 aliphatic carbocycles. The first-order valence-electron chi connectivity index (χ1n) is 6.62. The van der Waals surface area contributed by atoms with E-state index < -0.39 is 0 Å². The van der Waals surface area contributed by atoms with Crippen LogP contribution in [0.1, 0.15) is 38.8 Å². The van der Waals surface area contributed by atoms with Gasteiger partial charge in [0.25, 0.3) is 0 Å². The van der Waals surface area contributed by atoms with Gasteiger partial charge in [0, 0.05) is 12.4 Å². The van der Waals surface area contributed by atoms with E-state index in [0.29, 0.717) is 0 Å². The molecule has 1 aromatic heterocycles. The number of pyridine rings is 1. The van der Waals surface area contributed by atoms with Gasteiger partial charge in [0.05, 0.1) is 0 Å². The SMILES string of the molecule is CC(Cc1cncc(C(C)(C)C)c1)C1CNC1. The summed E-state index contributed by atoms with van der Waals surface area (Å²) in [5, 5.41) is 3.35. The summed E-state index contributed by atoms with van der Waals surface area (Å²) < 4.78 is 0. The Bertz CT molecular complexity index is 375. The Hall–Kier alpha value is -0.890. The molecule has 0 aromatic carbocycles. The van der Waals surface area contributed by atoms with Crippen molar-refractivity contribution in [3.8, 4) is 0 Å². The maximum atomic E-state index is 4.39. The molecule has 2 heteroatoms. The van der Waals surface area contributed by atoms with E-state index in [9.17, 15) is 0 Å². The summed E-state index contributed by atoms with van der Waals surface area (Å²) in [7, 11) is 0. The Balaban J connectivity index is 2.05. The van der Waals surface area contributed by atoms with Crippen molar-refractivity contribution in [3.05, 3.63) is 29.6 Å². The average Bonchev–Trinajstić information content (AvgIpc) is 2.13. The molecule has 0 saturated carbocycles. The van der Waals surface area contributed by atoms with Gasteiger partial charge in [-0.2, -0.15) is 0 Å². The number of rotatable bonds is 3. The molecule has 0 spiro atoms. The molecule has 17 heavy (non-hydrogen) atoms. The lowest BCUT2D eigenvalue weighted by Crippen LogP contribution is -2.45. The predicted molar refractivity (Wildman–Crippen MR) is 72.2 cm³/mol. The van der Waals surface area contributed by atoms with E-state index in [4.69, 9.17) is 0 Å². The second-order valence-electron chi connectivity index (χ2n) is 6.43. The van der Waals surface area contributed by atoms with Crippen molar-refractivity contribution in [2.24, 2.45) is 11.8 Å². The van der Waals surface area contributed by atoms with Crippen molar-refractivity contribution < 1.29 is 0 Å². The van der Waals surface area contributed by atoms with E-state index in [1.807, 2.05) is 12.4 Å². The second-order valence-corrected chi connectivity index (χ2v) is 6.43. The van der Waals surface area contributed by atoms with Crippen LogP contribution in [0, 0.1) is 11.8 Å². The van der Waals surface area contributed by atoms with Gasteiger partial charge >= 0.3 is 0 Å². The lowest BCUT2D eigenvalue weighted by atomic mass is 9.83. The maximum Gasteiger partial charge on any atom is 0.0305 e. The van der Waals surface area contributed by atoms with Crippen LogP contribution in [-0.4, -0.2) is 18.1 Å². The summed E-state index contributed by atoms with van der Waals surface area (Å²) in [5.41, 5.74) is 2.93. The molecule has 2 nitrogen and oxygen atoms in total. The Labute approximate surface area is 105 Å². The molecule has 1 unspecified atom stereocenters. The van der Waals surface area contributed by atoms with Gasteiger partial charge in [-0.05, 0) is 47.9 Å². The summed E-state index contributed by atoms with van der Waals surface area (Å²) in [4.78, 5) is 4.39. The molecule has 1 saturated heterocycles. The van der Waals surface area contributed by atoms with Gasteiger partial charge in [-0.1, -0.05) is 33.8 Å². The van der Waals surface area contributed by atoms with Crippen LogP contribution in [0.4, 0.5) is 0 Å². The highest BCUT2D eigenvalue weighted by Gasteiger charge is 2.24. The summed E-state index contributed by atoms with van der Waals surface area (Å²) >= 11 is 0. The van der Waals surface area contributed by atoms with E-state index in [1.54, 1.807) is 0 Å². The Morgan fingerprint density at radius 1 is 1.35 bits per heavy atom. The van der Waals surface area contributed by atoms with Crippen molar-refractivity contribution in [2.45, 2.75) is 39.5 Å². The molecule has 2 heterocycles. The highest BCUT2D eigenvalue weighted by Crippen LogP contribution is 2.25. The van der Waals surface area contributed by atoms with Crippen molar-refractivity contribution in [2.75, 3.05) is 13.1 Å². The van der Waals surface area contributed by atoms with Crippen LogP contribution in [0.5, 0.6) is 0 Å². The summed E-state index contributed by atoms with van der Waals surface area (Å²) in [6.07, 6.45) is 5.18. The largest absolute Gasteiger partial charge is 0.316 e. The zero-order chi connectivity index (χ0) is 12.5. The van der Waals surface area contributed by atoms with E-state index in [-0.39, 0.29) is 5.41 Å². The zero-order valence-corrected chi connectivity index (χ0v) is 11.5. The predicted octanol–water partition coefficient (Wildman–Crippen LogP) is 2.78. The molecule has 1 aliphatic rings. The van der Waals surface area contributed by atoms with Crippen LogP contribution in [0.2, 0.25) is 0 Å². The van der Waals surface area contributed by atoms with Crippen LogP contribution in [-0.2, 0) is 11.8 Å². The summed E-state index contributed by atoms with van der Waals surface area (Å²) in [6.45, 7) is 11.5. The monoisotopic (exact) mass is 232 g/mol. The van der Waals surface area contributed by atoms with Gasteiger partial charge in [-0.15, -0.1) is 0 Å². The zero-order valence-electron chi connectivity index (χ0n) is 11.5. The number of aromatic nitrogens is 1. The standard InChI is InChI=1S/C15H24N2/c1-11(13-8-17-9-13)5-12-6-14(10-16-7-12)15(2,3)4/h6-7,10-11,13,17H,5,8-9H2,1-4H3. The third-order valence-corrected chi connectivity index (χ3v) is 3.84. The molecule has 1 aliphatic heterocycles. The quantitative estimate of drug-likeness (QED) is 0.867. The third-order valence-electron chi connectivity index (χ3n) is 3.84. The molecule has 1 atom stereocenters. The normalized spacial score (nSPS) is 18.8. The molecule has 0 radical (unpaired) electrons. The second kappa shape index (κ2) is 4.77. The fourth-order valence-electron chi connectivity index (χ4n) is 2.26. The highest BCUT2D eigenvalue weighted by atomic mass is 14.9. The average molecular weight is 232 g/mol.